The van der Waals surface area contributed by atoms with E-state index in [1.165, 1.54) is 32.1 Å². The molecule has 7 nitrogen and oxygen atoms in total. The van der Waals surface area contributed by atoms with Crippen molar-refractivity contribution in [1.82, 2.24) is 24.5 Å². The van der Waals surface area contributed by atoms with E-state index in [1.54, 1.807) is 23.3 Å². The molecule has 1 saturated carbocycles. The summed E-state index contributed by atoms with van der Waals surface area (Å²) in [5.41, 5.74) is 5.86. The van der Waals surface area contributed by atoms with Crippen LogP contribution in [0.2, 0.25) is 0 Å². The molecule has 0 bridgehead atoms. The van der Waals surface area contributed by atoms with Gasteiger partial charge in [-0.15, -0.1) is 0 Å². The fraction of sp³-hybridized carbons (Fsp3) is 0.571. The second-order valence-electron chi connectivity index (χ2n) is 5.34. The van der Waals surface area contributed by atoms with Gasteiger partial charge in [-0.1, -0.05) is 19.3 Å². The summed E-state index contributed by atoms with van der Waals surface area (Å²) in [6.07, 6.45) is 11.4. The molecular formula is C14H21N7. The van der Waals surface area contributed by atoms with Crippen LogP contribution in [0.15, 0.2) is 18.7 Å². The lowest BCUT2D eigenvalue weighted by atomic mass is 9.94. The number of imidazole rings is 1. The molecule has 3 rings (SSSR count). The highest BCUT2D eigenvalue weighted by Gasteiger charge is 2.23. The number of aromatic nitrogens is 5. The van der Waals surface area contributed by atoms with Crippen LogP contribution in [-0.4, -0.2) is 37.1 Å². The quantitative estimate of drug-likeness (QED) is 0.922. The summed E-state index contributed by atoms with van der Waals surface area (Å²) in [4.78, 5) is 19.4. The lowest BCUT2D eigenvalue weighted by molar-refractivity contribution is 0.414. The molecule has 0 saturated heterocycles. The van der Waals surface area contributed by atoms with E-state index in [1.807, 2.05) is 0 Å². The summed E-state index contributed by atoms with van der Waals surface area (Å²) >= 11 is 0. The molecule has 0 amide bonds. The van der Waals surface area contributed by atoms with Crippen LogP contribution in [0.25, 0.3) is 5.95 Å². The zero-order valence-corrected chi connectivity index (χ0v) is 12.3. The van der Waals surface area contributed by atoms with Gasteiger partial charge >= 0.3 is 0 Å². The molecule has 112 valence electrons. The third-order valence-corrected chi connectivity index (χ3v) is 3.98. The van der Waals surface area contributed by atoms with Gasteiger partial charge in [0.15, 0.2) is 0 Å². The van der Waals surface area contributed by atoms with Crippen LogP contribution in [0.5, 0.6) is 0 Å². The summed E-state index contributed by atoms with van der Waals surface area (Å²) in [5, 5.41) is 0. The van der Waals surface area contributed by atoms with E-state index in [0.717, 1.165) is 6.54 Å². The highest BCUT2D eigenvalue weighted by atomic mass is 15.3. The minimum atomic E-state index is 0.248. The van der Waals surface area contributed by atoms with Gasteiger partial charge in [0.2, 0.25) is 17.8 Å². The Kier molecular flexibility index (Phi) is 3.98. The van der Waals surface area contributed by atoms with E-state index in [9.17, 15) is 0 Å². The average molecular weight is 287 g/mol. The Morgan fingerprint density at radius 3 is 2.71 bits per heavy atom. The van der Waals surface area contributed by atoms with Crippen molar-refractivity contribution >= 4 is 11.9 Å². The van der Waals surface area contributed by atoms with Gasteiger partial charge in [-0.25, -0.2) is 4.98 Å². The monoisotopic (exact) mass is 287 g/mol. The van der Waals surface area contributed by atoms with Crippen LogP contribution in [0.3, 0.4) is 0 Å². The van der Waals surface area contributed by atoms with Crippen LogP contribution in [-0.2, 0) is 0 Å². The van der Waals surface area contributed by atoms with E-state index in [2.05, 4.69) is 31.8 Å². The Morgan fingerprint density at radius 1 is 1.24 bits per heavy atom. The highest BCUT2D eigenvalue weighted by molar-refractivity contribution is 5.39. The predicted molar refractivity (Wildman–Crippen MR) is 81.3 cm³/mol. The summed E-state index contributed by atoms with van der Waals surface area (Å²) < 4.78 is 1.75. The fourth-order valence-corrected chi connectivity index (χ4v) is 2.95. The molecule has 0 spiro atoms. The van der Waals surface area contributed by atoms with Crippen molar-refractivity contribution in [2.45, 2.75) is 45.1 Å². The molecule has 2 aromatic heterocycles. The first-order valence-corrected chi connectivity index (χ1v) is 7.54. The van der Waals surface area contributed by atoms with Gasteiger partial charge < -0.3 is 10.6 Å². The van der Waals surface area contributed by atoms with Crippen molar-refractivity contribution in [3.05, 3.63) is 18.7 Å². The lowest BCUT2D eigenvalue weighted by Gasteiger charge is -2.33. The maximum Gasteiger partial charge on any atom is 0.241 e. The number of nitrogens with two attached hydrogens (primary N) is 1. The van der Waals surface area contributed by atoms with Gasteiger partial charge in [-0.2, -0.15) is 15.0 Å². The van der Waals surface area contributed by atoms with Crippen LogP contribution in [0.4, 0.5) is 11.9 Å². The van der Waals surface area contributed by atoms with Gasteiger partial charge in [0, 0.05) is 25.0 Å². The summed E-state index contributed by atoms with van der Waals surface area (Å²) in [6.45, 7) is 3.00. The van der Waals surface area contributed by atoms with Crippen LogP contribution < -0.4 is 10.6 Å². The van der Waals surface area contributed by atoms with E-state index in [4.69, 9.17) is 5.73 Å². The second-order valence-corrected chi connectivity index (χ2v) is 5.34. The van der Waals surface area contributed by atoms with Crippen molar-refractivity contribution < 1.29 is 0 Å². The maximum absolute atomic E-state index is 5.86. The van der Waals surface area contributed by atoms with Gasteiger partial charge in [-0.3, -0.25) is 4.57 Å². The lowest BCUT2D eigenvalue weighted by Crippen LogP contribution is -2.38. The molecule has 0 atom stereocenters. The molecular weight excluding hydrogens is 266 g/mol. The van der Waals surface area contributed by atoms with E-state index >= 15 is 0 Å². The highest BCUT2D eigenvalue weighted by Crippen LogP contribution is 2.25. The van der Waals surface area contributed by atoms with Gasteiger partial charge in [0.05, 0.1) is 0 Å². The van der Waals surface area contributed by atoms with Crippen molar-refractivity contribution in [3.8, 4) is 5.95 Å². The van der Waals surface area contributed by atoms with Crippen LogP contribution in [0, 0.1) is 0 Å². The van der Waals surface area contributed by atoms with E-state index < -0.39 is 0 Å². The molecule has 0 aromatic carbocycles. The number of anilines is 2. The molecule has 2 aromatic rings. The van der Waals surface area contributed by atoms with Gasteiger partial charge in [-0.05, 0) is 19.8 Å². The first-order valence-electron chi connectivity index (χ1n) is 7.54. The van der Waals surface area contributed by atoms with E-state index in [-0.39, 0.29) is 5.95 Å². The smallest absolute Gasteiger partial charge is 0.241 e. The Balaban J connectivity index is 1.92. The second kappa shape index (κ2) is 6.07. The van der Waals surface area contributed by atoms with Crippen molar-refractivity contribution in [1.29, 1.82) is 0 Å². The van der Waals surface area contributed by atoms with Crippen LogP contribution >= 0.6 is 0 Å². The third kappa shape index (κ3) is 2.96. The van der Waals surface area contributed by atoms with Crippen molar-refractivity contribution in [2.24, 2.45) is 0 Å². The number of nitrogens with zero attached hydrogens (tertiary/aromatic N) is 6. The molecule has 0 unspecified atom stereocenters. The maximum atomic E-state index is 5.86. The minimum absolute atomic E-state index is 0.248. The normalized spacial score (nSPS) is 16.0. The Bertz CT molecular complexity index is 575. The molecule has 0 radical (unpaired) electrons. The van der Waals surface area contributed by atoms with Crippen molar-refractivity contribution in [2.75, 3.05) is 17.2 Å². The topological polar surface area (TPSA) is 85.8 Å². The van der Waals surface area contributed by atoms with Crippen molar-refractivity contribution in [3.63, 3.8) is 0 Å². The van der Waals surface area contributed by atoms with Gasteiger partial charge in [0.1, 0.15) is 6.33 Å². The molecule has 21 heavy (non-hydrogen) atoms. The zero-order valence-electron chi connectivity index (χ0n) is 12.3. The Morgan fingerprint density at radius 2 is 2.05 bits per heavy atom. The SMILES string of the molecule is CCN(c1nc(N)nc(-n2ccnc2)n1)C1CCCCC1. The van der Waals surface area contributed by atoms with E-state index in [0.29, 0.717) is 17.9 Å². The number of nitrogen functional groups attached to an aromatic ring is 1. The molecule has 1 fully saturated rings. The third-order valence-electron chi connectivity index (χ3n) is 3.98. The molecule has 1 aliphatic rings. The molecule has 0 aliphatic heterocycles. The largest absolute Gasteiger partial charge is 0.368 e. The molecule has 2 N–H and O–H groups in total. The number of hydrogen-bond acceptors (Lipinski definition) is 6. The summed E-state index contributed by atoms with van der Waals surface area (Å²) in [6, 6.07) is 0.501. The van der Waals surface area contributed by atoms with Crippen LogP contribution in [0.1, 0.15) is 39.0 Å². The molecule has 7 heteroatoms. The Labute approximate surface area is 124 Å². The first-order chi connectivity index (χ1) is 10.3. The number of hydrogen-bond donors (Lipinski definition) is 1. The fourth-order valence-electron chi connectivity index (χ4n) is 2.95. The standard InChI is InChI=1S/C14H21N7/c1-2-21(11-6-4-3-5-7-11)14-18-12(15)17-13(19-14)20-9-8-16-10-20/h8-11H,2-7H2,1H3,(H2,15,17,18,19). The summed E-state index contributed by atoms with van der Waals surface area (Å²) in [5.74, 6) is 1.43. The first kappa shape index (κ1) is 13.8. The summed E-state index contributed by atoms with van der Waals surface area (Å²) in [7, 11) is 0. The minimum Gasteiger partial charge on any atom is -0.368 e. The Hall–Kier alpha value is -2.18. The average Bonchev–Trinajstić information content (AvgIpc) is 3.03. The molecule has 2 heterocycles. The zero-order chi connectivity index (χ0) is 14.7. The van der Waals surface area contributed by atoms with Gasteiger partial charge in [0.25, 0.3) is 0 Å². The molecule has 1 aliphatic carbocycles. The number of rotatable bonds is 4. The predicted octanol–water partition coefficient (Wildman–Crippen LogP) is 1.80.